The molecule has 0 aliphatic carbocycles. The molecule has 1 aliphatic heterocycles. The maximum atomic E-state index is 13.3. The molecule has 5 rings (SSSR count). The van der Waals surface area contributed by atoms with Crippen molar-refractivity contribution in [3.8, 4) is 0 Å². The number of H-pyrrole nitrogens is 1. The number of anilines is 1. The summed E-state index contributed by atoms with van der Waals surface area (Å²) in [6, 6.07) is 14.0. The summed E-state index contributed by atoms with van der Waals surface area (Å²) in [5.41, 5.74) is 1.28. The van der Waals surface area contributed by atoms with Crippen molar-refractivity contribution in [2.45, 2.75) is 19.4 Å². The fourth-order valence-corrected chi connectivity index (χ4v) is 4.41. The van der Waals surface area contributed by atoms with Crippen LogP contribution in [0.15, 0.2) is 65.7 Å². The maximum Gasteiger partial charge on any atom is 0.269 e. The van der Waals surface area contributed by atoms with Crippen LogP contribution in [0.1, 0.15) is 39.3 Å². The first-order valence-corrected chi connectivity index (χ1v) is 11.8. The molecule has 0 saturated carbocycles. The van der Waals surface area contributed by atoms with Gasteiger partial charge in [0.2, 0.25) is 5.56 Å². The number of carbonyl (C=O) groups is 2. The molecule has 0 spiro atoms. The highest BCUT2D eigenvalue weighted by atomic mass is 16.5. The van der Waals surface area contributed by atoms with Gasteiger partial charge < -0.3 is 20.4 Å². The van der Waals surface area contributed by atoms with Crippen molar-refractivity contribution >= 4 is 28.3 Å². The molecule has 0 bridgehead atoms. The van der Waals surface area contributed by atoms with Gasteiger partial charge in [0, 0.05) is 37.6 Å². The van der Waals surface area contributed by atoms with Gasteiger partial charge in [0.25, 0.3) is 11.8 Å². The summed E-state index contributed by atoms with van der Waals surface area (Å²) >= 11 is 0. The minimum atomic E-state index is -0.442. The molecule has 10 heteroatoms. The lowest BCUT2D eigenvalue weighted by Gasteiger charge is -2.22. The summed E-state index contributed by atoms with van der Waals surface area (Å²) in [7, 11) is 0. The molecule has 4 aromatic rings. The van der Waals surface area contributed by atoms with Gasteiger partial charge in [-0.25, -0.2) is 4.68 Å². The van der Waals surface area contributed by atoms with Crippen LogP contribution in [0.25, 0.3) is 10.8 Å². The normalized spacial score (nSPS) is 14.0. The van der Waals surface area contributed by atoms with Crippen molar-refractivity contribution in [2.24, 2.45) is 5.92 Å². The second-order valence-electron chi connectivity index (χ2n) is 8.75. The van der Waals surface area contributed by atoms with E-state index in [9.17, 15) is 14.4 Å². The van der Waals surface area contributed by atoms with Gasteiger partial charge >= 0.3 is 0 Å². The van der Waals surface area contributed by atoms with E-state index in [4.69, 9.17) is 4.74 Å². The lowest BCUT2D eigenvalue weighted by molar-refractivity contribution is 0.0642. The molecule has 1 fully saturated rings. The van der Waals surface area contributed by atoms with Crippen molar-refractivity contribution in [3.05, 3.63) is 88.1 Å². The molecule has 3 heterocycles. The average Bonchev–Trinajstić information content (AvgIpc) is 3.42. The number of nitrogens with one attached hydrogen (secondary N) is 3. The van der Waals surface area contributed by atoms with Crippen LogP contribution in [-0.2, 0) is 11.3 Å². The van der Waals surface area contributed by atoms with Crippen LogP contribution in [0, 0.1) is 5.92 Å². The van der Waals surface area contributed by atoms with E-state index in [0.29, 0.717) is 37.8 Å². The van der Waals surface area contributed by atoms with Gasteiger partial charge in [-0.2, -0.15) is 0 Å². The Labute approximate surface area is 206 Å². The number of hydrogen-bond donors (Lipinski definition) is 3. The van der Waals surface area contributed by atoms with Crippen LogP contribution in [0.2, 0.25) is 0 Å². The predicted molar refractivity (Wildman–Crippen MR) is 134 cm³/mol. The van der Waals surface area contributed by atoms with E-state index in [1.165, 1.54) is 12.1 Å². The molecular formula is C26H26N6O4. The Bertz CT molecular complexity index is 1440. The zero-order valence-electron chi connectivity index (χ0n) is 19.6. The zero-order chi connectivity index (χ0) is 24.9. The fraction of sp³-hybridized carbons (Fsp3) is 0.269. The fourth-order valence-electron chi connectivity index (χ4n) is 4.41. The van der Waals surface area contributed by atoms with Gasteiger partial charge in [-0.1, -0.05) is 35.5 Å². The standard InChI is InChI=1S/C26H26N6O4/c33-23-8-7-22(24(30-23)26(35)27-15-17-9-13-36-14-10-17)29-25(34)21-6-5-18(16-32-12-11-28-31-32)19-3-1-2-4-20(19)21/h1-8,11-12,17H,9-10,13-16H2,(H,27,35)(H,29,34)(H,30,33). The van der Waals surface area contributed by atoms with Gasteiger partial charge in [-0.05, 0) is 47.2 Å². The van der Waals surface area contributed by atoms with Crippen LogP contribution >= 0.6 is 0 Å². The monoisotopic (exact) mass is 486 g/mol. The molecule has 3 N–H and O–H groups in total. The van der Waals surface area contributed by atoms with Crippen LogP contribution < -0.4 is 16.2 Å². The van der Waals surface area contributed by atoms with Gasteiger partial charge in [0.15, 0.2) is 0 Å². The molecule has 0 atom stereocenters. The highest BCUT2D eigenvalue weighted by Gasteiger charge is 2.20. The van der Waals surface area contributed by atoms with E-state index in [0.717, 1.165) is 29.2 Å². The van der Waals surface area contributed by atoms with Crippen LogP contribution in [0.5, 0.6) is 0 Å². The Morgan fingerprint density at radius 3 is 2.61 bits per heavy atom. The Morgan fingerprint density at radius 2 is 1.83 bits per heavy atom. The Morgan fingerprint density at radius 1 is 1.03 bits per heavy atom. The van der Waals surface area contributed by atoms with Crippen molar-refractivity contribution in [1.82, 2.24) is 25.3 Å². The Balaban J connectivity index is 1.38. The van der Waals surface area contributed by atoms with E-state index in [2.05, 4.69) is 25.9 Å². The van der Waals surface area contributed by atoms with Crippen molar-refractivity contribution in [1.29, 1.82) is 0 Å². The van der Waals surface area contributed by atoms with E-state index in [1.807, 2.05) is 30.3 Å². The summed E-state index contributed by atoms with van der Waals surface area (Å²) in [4.78, 5) is 40.8. The third kappa shape index (κ3) is 5.18. The molecule has 1 saturated heterocycles. The molecule has 36 heavy (non-hydrogen) atoms. The summed E-state index contributed by atoms with van der Waals surface area (Å²) < 4.78 is 7.08. The molecule has 0 unspecified atom stereocenters. The number of hydrogen-bond acceptors (Lipinski definition) is 6. The number of benzene rings is 2. The van der Waals surface area contributed by atoms with Crippen molar-refractivity contribution in [2.75, 3.05) is 25.1 Å². The lowest BCUT2D eigenvalue weighted by atomic mass is 9.99. The van der Waals surface area contributed by atoms with E-state index in [1.54, 1.807) is 23.1 Å². The molecule has 184 valence electrons. The number of nitrogens with zero attached hydrogens (tertiary/aromatic N) is 3. The summed E-state index contributed by atoms with van der Waals surface area (Å²) in [6.45, 7) is 2.34. The van der Waals surface area contributed by atoms with Gasteiger partial charge in [0.05, 0.1) is 18.4 Å². The van der Waals surface area contributed by atoms with E-state index < -0.39 is 11.5 Å². The molecule has 2 amide bonds. The van der Waals surface area contributed by atoms with E-state index in [-0.39, 0.29) is 17.3 Å². The predicted octanol–water partition coefficient (Wildman–Crippen LogP) is 2.58. The number of carbonyl (C=O) groups excluding carboxylic acids is 2. The first-order chi connectivity index (χ1) is 17.6. The summed E-state index contributed by atoms with van der Waals surface area (Å²) in [6.07, 6.45) is 5.13. The molecule has 2 aromatic heterocycles. The highest BCUT2D eigenvalue weighted by Crippen LogP contribution is 2.25. The third-order valence-corrected chi connectivity index (χ3v) is 6.35. The first kappa shape index (κ1) is 23.4. The molecule has 10 nitrogen and oxygen atoms in total. The van der Waals surface area contributed by atoms with Gasteiger partial charge in [0.1, 0.15) is 5.69 Å². The number of rotatable bonds is 7. The number of fused-ring (bicyclic) bond motifs is 1. The Kier molecular flexibility index (Phi) is 6.85. The number of pyridine rings is 1. The largest absolute Gasteiger partial charge is 0.381 e. The number of ether oxygens (including phenoxy) is 1. The zero-order valence-corrected chi connectivity index (χ0v) is 19.6. The first-order valence-electron chi connectivity index (χ1n) is 11.8. The van der Waals surface area contributed by atoms with Gasteiger partial charge in [-0.15, -0.1) is 5.10 Å². The van der Waals surface area contributed by atoms with Crippen LogP contribution in [-0.4, -0.2) is 51.6 Å². The minimum Gasteiger partial charge on any atom is -0.381 e. The highest BCUT2D eigenvalue weighted by molar-refractivity contribution is 6.15. The molecule has 2 aromatic carbocycles. The Hall–Kier alpha value is -4.31. The van der Waals surface area contributed by atoms with Crippen molar-refractivity contribution in [3.63, 3.8) is 0 Å². The number of aromatic nitrogens is 4. The molecule has 0 radical (unpaired) electrons. The maximum absolute atomic E-state index is 13.3. The molecular weight excluding hydrogens is 460 g/mol. The SMILES string of the molecule is O=C(NCC1CCOCC1)c1[nH]c(=O)ccc1NC(=O)c1ccc(Cn2ccnn2)c2ccccc12. The van der Waals surface area contributed by atoms with Crippen LogP contribution in [0.4, 0.5) is 5.69 Å². The second-order valence-corrected chi connectivity index (χ2v) is 8.75. The number of aromatic amines is 1. The lowest BCUT2D eigenvalue weighted by Crippen LogP contribution is -2.34. The molecule has 1 aliphatic rings. The minimum absolute atomic E-state index is 0.0232. The smallest absolute Gasteiger partial charge is 0.269 e. The van der Waals surface area contributed by atoms with Gasteiger partial charge in [-0.3, -0.25) is 14.4 Å². The summed E-state index contributed by atoms with van der Waals surface area (Å²) in [5, 5.41) is 15.2. The quantitative estimate of drug-likeness (QED) is 0.368. The summed E-state index contributed by atoms with van der Waals surface area (Å²) in [5.74, 6) is -0.509. The second kappa shape index (κ2) is 10.5. The van der Waals surface area contributed by atoms with Crippen LogP contribution in [0.3, 0.4) is 0 Å². The third-order valence-electron chi connectivity index (χ3n) is 6.35. The average molecular weight is 487 g/mol. The topological polar surface area (TPSA) is 131 Å². The van der Waals surface area contributed by atoms with E-state index >= 15 is 0 Å². The van der Waals surface area contributed by atoms with Crippen molar-refractivity contribution < 1.29 is 14.3 Å². The number of amides is 2.